The minimum absolute atomic E-state index is 0.0753. The molecule has 0 saturated heterocycles. The van der Waals surface area contributed by atoms with Crippen LogP contribution in [-0.2, 0) is 37.1 Å². The normalized spacial score (nSPS) is 11.4. The molecule has 25 heavy (non-hydrogen) atoms. The van der Waals surface area contributed by atoms with E-state index in [4.69, 9.17) is 9.47 Å². The van der Waals surface area contributed by atoms with Gasteiger partial charge in [0.15, 0.2) is 0 Å². The monoisotopic (exact) mass is 340 g/mol. The number of carbonyl (C=O) groups excluding carboxylic acids is 3. The van der Waals surface area contributed by atoms with Crippen LogP contribution in [0.4, 0.5) is 0 Å². The first-order chi connectivity index (χ1) is 12.2. The molecule has 0 aromatic heterocycles. The minimum atomic E-state index is -0.829. The summed E-state index contributed by atoms with van der Waals surface area (Å²) in [5.74, 6) is -1.94. The molecule has 5 nitrogen and oxygen atoms in total. The summed E-state index contributed by atoms with van der Waals surface area (Å²) in [4.78, 5) is 34.9. The van der Waals surface area contributed by atoms with Gasteiger partial charge < -0.3 is 14.3 Å². The van der Waals surface area contributed by atoms with Gasteiger partial charge in [0.2, 0.25) is 0 Å². The van der Waals surface area contributed by atoms with Crippen molar-refractivity contribution in [1.29, 1.82) is 0 Å². The van der Waals surface area contributed by atoms with E-state index in [1.165, 1.54) is 0 Å². The molecular formula is C20H20O5. The van der Waals surface area contributed by atoms with Crippen molar-refractivity contribution in [3.8, 4) is 0 Å². The van der Waals surface area contributed by atoms with Gasteiger partial charge in [-0.2, -0.15) is 0 Å². The average molecular weight is 340 g/mol. The first-order valence-electron chi connectivity index (χ1n) is 8.02. The van der Waals surface area contributed by atoms with Gasteiger partial charge in [0.05, 0.1) is 12.3 Å². The third-order valence-electron chi connectivity index (χ3n) is 3.59. The minimum Gasteiger partial charge on any atom is -0.461 e. The van der Waals surface area contributed by atoms with Crippen molar-refractivity contribution in [2.45, 2.75) is 26.1 Å². The highest BCUT2D eigenvalue weighted by molar-refractivity contribution is 5.81. The van der Waals surface area contributed by atoms with E-state index in [1.54, 1.807) is 0 Å². The number of rotatable bonds is 9. The lowest BCUT2D eigenvalue weighted by Gasteiger charge is -2.13. The van der Waals surface area contributed by atoms with Gasteiger partial charge in [-0.1, -0.05) is 60.7 Å². The molecule has 0 radical (unpaired) electrons. The molecule has 0 spiro atoms. The van der Waals surface area contributed by atoms with Crippen molar-refractivity contribution in [3.05, 3.63) is 71.8 Å². The number of carbonyl (C=O) groups is 3. The second-order valence-electron chi connectivity index (χ2n) is 5.54. The van der Waals surface area contributed by atoms with Gasteiger partial charge in [0, 0.05) is 6.42 Å². The maximum Gasteiger partial charge on any atom is 0.310 e. The van der Waals surface area contributed by atoms with Crippen molar-refractivity contribution in [3.63, 3.8) is 0 Å². The van der Waals surface area contributed by atoms with Gasteiger partial charge in [-0.25, -0.2) is 0 Å². The summed E-state index contributed by atoms with van der Waals surface area (Å²) in [5, 5.41) is 0. The number of hydrogen-bond acceptors (Lipinski definition) is 5. The molecular weight excluding hydrogens is 320 g/mol. The molecule has 0 fully saturated rings. The van der Waals surface area contributed by atoms with Crippen LogP contribution >= 0.6 is 0 Å². The summed E-state index contributed by atoms with van der Waals surface area (Å²) in [6, 6.07) is 18.4. The van der Waals surface area contributed by atoms with Crippen LogP contribution in [0.25, 0.3) is 0 Å². The molecule has 2 rings (SSSR count). The topological polar surface area (TPSA) is 69.7 Å². The highest BCUT2D eigenvalue weighted by atomic mass is 16.5. The highest BCUT2D eigenvalue weighted by Gasteiger charge is 2.24. The molecule has 0 aliphatic heterocycles. The van der Waals surface area contributed by atoms with E-state index < -0.39 is 17.9 Å². The van der Waals surface area contributed by atoms with E-state index in [9.17, 15) is 14.4 Å². The van der Waals surface area contributed by atoms with Gasteiger partial charge in [-0.3, -0.25) is 9.59 Å². The Morgan fingerprint density at radius 1 is 0.840 bits per heavy atom. The smallest absolute Gasteiger partial charge is 0.310 e. The van der Waals surface area contributed by atoms with Crippen LogP contribution in [0.3, 0.4) is 0 Å². The Hall–Kier alpha value is -2.95. The lowest BCUT2D eigenvalue weighted by Crippen LogP contribution is -2.22. The Bertz CT molecular complexity index is 682. The van der Waals surface area contributed by atoms with Crippen LogP contribution in [0.2, 0.25) is 0 Å². The van der Waals surface area contributed by atoms with Crippen LogP contribution in [0, 0.1) is 5.92 Å². The van der Waals surface area contributed by atoms with E-state index >= 15 is 0 Å². The molecule has 0 bridgehead atoms. The molecule has 0 amide bonds. The van der Waals surface area contributed by atoms with Crippen LogP contribution in [0.15, 0.2) is 60.7 Å². The van der Waals surface area contributed by atoms with Gasteiger partial charge in [-0.05, 0) is 11.1 Å². The van der Waals surface area contributed by atoms with Gasteiger partial charge in [-0.15, -0.1) is 0 Å². The standard InChI is InChI=1S/C20H20O5/c21-12-11-18(20(23)25-15-17-9-5-2-6-10-17)13-19(22)24-14-16-7-3-1-4-8-16/h1-10,12,18H,11,13-15H2/t18-/m1/s1. The third kappa shape index (κ3) is 6.59. The second-order valence-corrected chi connectivity index (χ2v) is 5.54. The third-order valence-corrected chi connectivity index (χ3v) is 3.59. The molecule has 130 valence electrons. The van der Waals surface area contributed by atoms with Crippen molar-refractivity contribution < 1.29 is 23.9 Å². The number of hydrogen-bond donors (Lipinski definition) is 0. The Labute approximate surface area is 146 Å². The molecule has 1 atom stereocenters. The molecule has 0 saturated carbocycles. The van der Waals surface area contributed by atoms with E-state index in [-0.39, 0.29) is 26.1 Å². The predicted octanol–water partition coefficient (Wildman–Crippen LogP) is 3.07. The second kappa shape index (κ2) is 10.0. The molecule has 0 N–H and O–H groups in total. The zero-order chi connectivity index (χ0) is 17.9. The predicted molar refractivity (Wildman–Crippen MR) is 91.3 cm³/mol. The van der Waals surface area contributed by atoms with Crippen LogP contribution < -0.4 is 0 Å². The molecule has 0 aliphatic carbocycles. The molecule has 0 heterocycles. The maximum absolute atomic E-state index is 12.1. The highest BCUT2D eigenvalue weighted by Crippen LogP contribution is 2.14. The fourth-order valence-electron chi connectivity index (χ4n) is 2.22. The SMILES string of the molecule is O=CC[C@H](CC(=O)OCc1ccccc1)C(=O)OCc1ccccc1. The van der Waals surface area contributed by atoms with Crippen molar-refractivity contribution in [2.75, 3.05) is 0 Å². The number of aldehydes is 1. The maximum atomic E-state index is 12.1. The van der Waals surface area contributed by atoms with Crippen LogP contribution in [0.5, 0.6) is 0 Å². The lowest BCUT2D eigenvalue weighted by atomic mass is 10.0. The van der Waals surface area contributed by atoms with Crippen molar-refractivity contribution in [2.24, 2.45) is 5.92 Å². The fraction of sp³-hybridized carbons (Fsp3) is 0.250. The number of esters is 2. The van der Waals surface area contributed by atoms with Gasteiger partial charge >= 0.3 is 11.9 Å². The summed E-state index contributed by atoms with van der Waals surface area (Å²) in [6.07, 6.45) is 0.353. The Kier molecular flexibility index (Phi) is 7.38. The summed E-state index contributed by atoms with van der Waals surface area (Å²) in [6.45, 7) is 0.237. The van der Waals surface area contributed by atoms with Gasteiger partial charge in [0.1, 0.15) is 19.5 Å². The Balaban J connectivity index is 1.82. The number of benzene rings is 2. The molecule has 0 aliphatic rings. The fourth-order valence-corrected chi connectivity index (χ4v) is 2.22. The van der Waals surface area contributed by atoms with E-state index in [0.29, 0.717) is 6.29 Å². The van der Waals surface area contributed by atoms with E-state index in [1.807, 2.05) is 60.7 Å². The number of ether oxygens (including phenoxy) is 2. The van der Waals surface area contributed by atoms with Crippen LogP contribution in [0.1, 0.15) is 24.0 Å². The first-order valence-corrected chi connectivity index (χ1v) is 8.02. The van der Waals surface area contributed by atoms with E-state index in [2.05, 4.69) is 0 Å². The summed E-state index contributed by atoms with van der Waals surface area (Å²) in [5.41, 5.74) is 1.70. The Morgan fingerprint density at radius 3 is 1.88 bits per heavy atom. The van der Waals surface area contributed by atoms with Crippen molar-refractivity contribution in [1.82, 2.24) is 0 Å². The van der Waals surface area contributed by atoms with E-state index in [0.717, 1.165) is 11.1 Å². The summed E-state index contributed by atoms with van der Waals surface area (Å²) < 4.78 is 10.4. The average Bonchev–Trinajstić information content (AvgIpc) is 2.66. The molecule has 2 aromatic carbocycles. The summed E-state index contributed by atoms with van der Waals surface area (Å²) >= 11 is 0. The zero-order valence-electron chi connectivity index (χ0n) is 13.8. The largest absolute Gasteiger partial charge is 0.461 e. The lowest BCUT2D eigenvalue weighted by molar-refractivity contribution is -0.157. The Morgan fingerprint density at radius 2 is 1.36 bits per heavy atom. The molecule has 2 aromatic rings. The van der Waals surface area contributed by atoms with Crippen LogP contribution in [-0.4, -0.2) is 18.2 Å². The van der Waals surface area contributed by atoms with Crippen molar-refractivity contribution >= 4 is 18.2 Å². The van der Waals surface area contributed by atoms with Gasteiger partial charge in [0.25, 0.3) is 0 Å². The first kappa shape index (κ1) is 18.4. The molecule has 5 heteroatoms. The summed E-state index contributed by atoms with van der Waals surface area (Å²) in [7, 11) is 0. The quantitative estimate of drug-likeness (QED) is 0.518. The zero-order valence-corrected chi connectivity index (χ0v) is 13.8. The molecule has 0 unspecified atom stereocenters.